The smallest absolute Gasteiger partial charge is 0.0729 e. The van der Waals surface area contributed by atoms with Gasteiger partial charge in [-0.3, -0.25) is 4.98 Å². The van der Waals surface area contributed by atoms with Crippen molar-refractivity contribution in [1.82, 2.24) is 4.98 Å². The van der Waals surface area contributed by atoms with Gasteiger partial charge >= 0.3 is 0 Å². The highest BCUT2D eigenvalue weighted by atomic mass is 14.9. The average Bonchev–Trinajstić information content (AvgIpc) is 2.34. The number of nitrogens with zero attached hydrogens (tertiary/aromatic N) is 1. The number of benzene rings is 1. The molecule has 22 heavy (non-hydrogen) atoms. The molecular formula is C20H30N2. The van der Waals surface area contributed by atoms with Crippen molar-refractivity contribution in [2.24, 2.45) is 0 Å². The maximum Gasteiger partial charge on any atom is 0.0729 e. The molecule has 2 heteroatoms. The molecule has 1 N–H and O–H groups in total. The van der Waals surface area contributed by atoms with Gasteiger partial charge in [-0.1, -0.05) is 47.6 Å². The second-order valence-electron chi connectivity index (χ2n) is 8.59. The molecule has 0 saturated carbocycles. The molecule has 2 aromatic rings. The summed E-state index contributed by atoms with van der Waals surface area (Å²) in [6.45, 7) is 17.8. The van der Waals surface area contributed by atoms with E-state index in [1.807, 2.05) is 0 Å². The molecule has 0 saturated heterocycles. The maximum absolute atomic E-state index is 4.95. The molecule has 1 aromatic carbocycles. The molecule has 1 aromatic heterocycles. The van der Waals surface area contributed by atoms with Crippen molar-refractivity contribution >= 4 is 16.6 Å². The van der Waals surface area contributed by atoms with E-state index in [0.717, 1.165) is 16.9 Å². The zero-order valence-corrected chi connectivity index (χ0v) is 15.3. The Morgan fingerprint density at radius 3 is 2.05 bits per heavy atom. The Morgan fingerprint density at radius 1 is 0.909 bits per heavy atom. The van der Waals surface area contributed by atoms with Crippen LogP contribution in [0.3, 0.4) is 0 Å². The third-order valence-electron chi connectivity index (χ3n) is 3.84. The summed E-state index contributed by atoms with van der Waals surface area (Å²) >= 11 is 0. The summed E-state index contributed by atoms with van der Waals surface area (Å²) in [4.78, 5) is 4.95. The van der Waals surface area contributed by atoms with Crippen LogP contribution in [0.1, 0.15) is 66.6 Å². The summed E-state index contributed by atoms with van der Waals surface area (Å²) in [6.07, 6.45) is 0. The Hall–Kier alpha value is -1.57. The molecule has 0 radical (unpaired) electrons. The van der Waals surface area contributed by atoms with Crippen molar-refractivity contribution < 1.29 is 0 Å². The first-order valence-electron chi connectivity index (χ1n) is 8.21. The van der Waals surface area contributed by atoms with Crippen molar-refractivity contribution in [2.75, 3.05) is 5.32 Å². The number of hydrogen-bond acceptors (Lipinski definition) is 2. The molecular weight excluding hydrogens is 268 g/mol. The van der Waals surface area contributed by atoms with E-state index in [9.17, 15) is 0 Å². The molecule has 120 valence electrons. The summed E-state index contributed by atoms with van der Waals surface area (Å²) in [5.74, 6) is 0. The van der Waals surface area contributed by atoms with Crippen LogP contribution in [0.25, 0.3) is 10.9 Å². The van der Waals surface area contributed by atoms with Gasteiger partial charge in [-0.15, -0.1) is 0 Å². The van der Waals surface area contributed by atoms with Crippen molar-refractivity contribution in [3.63, 3.8) is 0 Å². The molecule has 0 aliphatic heterocycles. The number of fused-ring (bicyclic) bond motifs is 1. The first kappa shape index (κ1) is 16.8. The van der Waals surface area contributed by atoms with Crippen molar-refractivity contribution in [1.29, 1.82) is 0 Å². The molecule has 2 nitrogen and oxygen atoms in total. The molecule has 0 fully saturated rings. The van der Waals surface area contributed by atoms with Crippen LogP contribution in [0.15, 0.2) is 24.3 Å². The maximum atomic E-state index is 4.95. The molecule has 0 unspecified atom stereocenters. The fourth-order valence-electron chi connectivity index (χ4n) is 2.66. The molecule has 0 atom stereocenters. The van der Waals surface area contributed by atoms with Gasteiger partial charge in [0, 0.05) is 28.2 Å². The quantitative estimate of drug-likeness (QED) is 0.775. The van der Waals surface area contributed by atoms with E-state index in [1.54, 1.807) is 0 Å². The van der Waals surface area contributed by atoms with Gasteiger partial charge in [-0.25, -0.2) is 0 Å². The predicted molar refractivity (Wildman–Crippen MR) is 97.9 cm³/mol. The first-order valence-corrected chi connectivity index (χ1v) is 8.21. The van der Waals surface area contributed by atoms with Crippen molar-refractivity contribution in [3.8, 4) is 0 Å². The van der Waals surface area contributed by atoms with Crippen LogP contribution in [0.5, 0.6) is 0 Å². The molecule has 0 spiro atoms. The number of nitrogens with one attached hydrogen (secondary N) is 1. The second-order valence-corrected chi connectivity index (χ2v) is 8.59. The van der Waals surface area contributed by atoms with Gasteiger partial charge in [0.25, 0.3) is 0 Å². The van der Waals surface area contributed by atoms with Crippen LogP contribution < -0.4 is 5.32 Å². The number of aromatic nitrogens is 1. The molecule has 0 aliphatic carbocycles. The first-order chi connectivity index (χ1) is 9.98. The van der Waals surface area contributed by atoms with Gasteiger partial charge in [0.15, 0.2) is 0 Å². The zero-order chi connectivity index (χ0) is 16.7. The SMILES string of the molecule is CC(C)Nc1ccc2c(C(C)(C)C)cc(C(C)(C)C)nc2c1. The standard InChI is InChI=1S/C20H30N2/c1-13(2)21-14-9-10-15-16(19(3,4)5)12-18(20(6,7)8)22-17(15)11-14/h9-13,21H,1-8H3. The highest BCUT2D eigenvalue weighted by Crippen LogP contribution is 2.34. The lowest BCUT2D eigenvalue weighted by molar-refractivity contribution is 0.558. The van der Waals surface area contributed by atoms with Crippen LogP contribution in [-0.2, 0) is 10.8 Å². The van der Waals surface area contributed by atoms with Gasteiger partial charge in [-0.05, 0) is 43.0 Å². The van der Waals surface area contributed by atoms with Crippen LogP contribution >= 0.6 is 0 Å². The number of anilines is 1. The van der Waals surface area contributed by atoms with Gasteiger partial charge in [-0.2, -0.15) is 0 Å². The Balaban J connectivity index is 2.71. The Morgan fingerprint density at radius 2 is 1.55 bits per heavy atom. The van der Waals surface area contributed by atoms with Crippen LogP contribution in [0, 0.1) is 0 Å². The zero-order valence-electron chi connectivity index (χ0n) is 15.3. The highest BCUT2D eigenvalue weighted by Gasteiger charge is 2.23. The fourth-order valence-corrected chi connectivity index (χ4v) is 2.66. The van der Waals surface area contributed by atoms with Gasteiger partial charge in [0.2, 0.25) is 0 Å². The summed E-state index contributed by atoms with van der Waals surface area (Å²) in [6, 6.07) is 9.26. The van der Waals surface area contributed by atoms with Gasteiger partial charge in [0.05, 0.1) is 5.52 Å². The van der Waals surface area contributed by atoms with Crippen LogP contribution in [0.2, 0.25) is 0 Å². The minimum absolute atomic E-state index is 0.0513. The van der Waals surface area contributed by atoms with Gasteiger partial charge in [0.1, 0.15) is 0 Å². The molecule has 0 bridgehead atoms. The van der Waals surface area contributed by atoms with E-state index < -0.39 is 0 Å². The number of hydrogen-bond donors (Lipinski definition) is 1. The third kappa shape index (κ3) is 3.60. The summed E-state index contributed by atoms with van der Waals surface area (Å²) < 4.78 is 0. The Labute approximate surface area is 135 Å². The number of pyridine rings is 1. The lowest BCUT2D eigenvalue weighted by Crippen LogP contribution is -2.18. The topological polar surface area (TPSA) is 24.9 Å². The van der Waals surface area contributed by atoms with E-state index in [2.05, 4.69) is 85.0 Å². The van der Waals surface area contributed by atoms with E-state index in [1.165, 1.54) is 10.9 Å². The predicted octanol–water partition coefficient (Wildman–Crippen LogP) is 5.65. The van der Waals surface area contributed by atoms with Crippen molar-refractivity contribution in [3.05, 3.63) is 35.5 Å². The lowest BCUT2D eigenvalue weighted by Gasteiger charge is -2.26. The lowest BCUT2D eigenvalue weighted by atomic mass is 9.81. The summed E-state index contributed by atoms with van der Waals surface area (Å²) in [5, 5.41) is 4.73. The minimum atomic E-state index is 0.0513. The molecule has 0 aliphatic rings. The molecule has 0 amide bonds. The molecule has 2 rings (SSSR count). The molecule has 1 heterocycles. The number of rotatable bonds is 2. The van der Waals surface area contributed by atoms with Crippen LogP contribution in [-0.4, -0.2) is 11.0 Å². The normalized spacial score (nSPS) is 13.0. The third-order valence-corrected chi connectivity index (χ3v) is 3.84. The van der Waals surface area contributed by atoms with E-state index in [-0.39, 0.29) is 10.8 Å². The minimum Gasteiger partial charge on any atom is -0.383 e. The van der Waals surface area contributed by atoms with E-state index in [0.29, 0.717) is 6.04 Å². The van der Waals surface area contributed by atoms with Crippen LogP contribution in [0.4, 0.5) is 5.69 Å². The van der Waals surface area contributed by atoms with E-state index >= 15 is 0 Å². The Kier molecular flexibility index (Phi) is 4.25. The fraction of sp³-hybridized carbons (Fsp3) is 0.550. The Bertz CT molecular complexity index is 670. The monoisotopic (exact) mass is 298 g/mol. The largest absolute Gasteiger partial charge is 0.383 e. The average molecular weight is 298 g/mol. The van der Waals surface area contributed by atoms with Gasteiger partial charge < -0.3 is 5.32 Å². The van der Waals surface area contributed by atoms with Crippen molar-refractivity contribution in [2.45, 2.75) is 72.3 Å². The summed E-state index contributed by atoms with van der Waals surface area (Å²) in [7, 11) is 0. The van der Waals surface area contributed by atoms with E-state index in [4.69, 9.17) is 4.98 Å². The highest BCUT2D eigenvalue weighted by molar-refractivity contribution is 5.86. The summed E-state index contributed by atoms with van der Waals surface area (Å²) in [5.41, 5.74) is 4.91. The second kappa shape index (κ2) is 5.57.